The van der Waals surface area contributed by atoms with Crippen LogP contribution in [0.4, 0.5) is 15.3 Å². The zero-order valence-corrected chi connectivity index (χ0v) is 18.1. The van der Waals surface area contributed by atoms with Crippen molar-refractivity contribution in [2.75, 3.05) is 5.32 Å². The molecule has 0 saturated heterocycles. The highest BCUT2D eigenvalue weighted by Gasteiger charge is 2.16. The number of urea groups is 1. The van der Waals surface area contributed by atoms with E-state index >= 15 is 0 Å². The molecular weight excluding hydrogens is 422 g/mol. The Labute approximate surface area is 174 Å². The Bertz CT molecular complexity index is 834. The first kappa shape index (κ1) is 21.8. The monoisotopic (exact) mass is 447 g/mol. The largest absolute Gasteiger partial charge is 0.444 e. The number of carbonyl (C=O) groups is 2. The molecule has 1 unspecified atom stereocenters. The number of amides is 3. The smallest absolute Gasteiger partial charge is 0.407 e. The molecule has 2 aromatic rings. The van der Waals surface area contributed by atoms with Crippen LogP contribution in [-0.2, 0) is 11.3 Å². The van der Waals surface area contributed by atoms with Crippen molar-refractivity contribution < 1.29 is 14.3 Å². The first-order valence-corrected chi connectivity index (χ1v) is 9.81. The van der Waals surface area contributed by atoms with E-state index in [-0.39, 0.29) is 12.1 Å². The van der Waals surface area contributed by atoms with Crippen LogP contribution in [0.1, 0.15) is 44.9 Å². The molecule has 6 nitrogen and oxygen atoms in total. The SMILES string of the molecule is CC(NC(=O)Nc1cccc(CNC(=O)OC(C)(C)C)c1)c1ccccc1Br. The van der Waals surface area contributed by atoms with E-state index in [0.29, 0.717) is 12.2 Å². The summed E-state index contributed by atoms with van der Waals surface area (Å²) in [6, 6.07) is 14.6. The van der Waals surface area contributed by atoms with Crippen LogP contribution in [0.15, 0.2) is 53.0 Å². The number of anilines is 1. The fourth-order valence-corrected chi connectivity index (χ4v) is 3.14. The second-order valence-electron chi connectivity index (χ2n) is 7.40. The molecule has 1 atom stereocenters. The lowest BCUT2D eigenvalue weighted by Crippen LogP contribution is -2.32. The van der Waals surface area contributed by atoms with E-state index in [1.165, 1.54) is 0 Å². The third-order valence-corrected chi connectivity index (χ3v) is 4.46. The molecule has 150 valence electrons. The van der Waals surface area contributed by atoms with E-state index in [2.05, 4.69) is 31.9 Å². The maximum atomic E-state index is 12.3. The molecule has 3 N–H and O–H groups in total. The van der Waals surface area contributed by atoms with E-state index in [1.54, 1.807) is 12.1 Å². The van der Waals surface area contributed by atoms with Crippen molar-refractivity contribution in [3.05, 3.63) is 64.1 Å². The van der Waals surface area contributed by atoms with Crippen molar-refractivity contribution in [1.29, 1.82) is 0 Å². The minimum atomic E-state index is -0.546. The molecule has 0 heterocycles. The van der Waals surface area contributed by atoms with Gasteiger partial charge in [0.1, 0.15) is 5.60 Å². The van der Waals surface area contributed by atoms with Crippen LogP contribution < -0.4 is 16.0 Å². The topological polar surface area (TPSA) is 79.5 Å². The second-order valence-corrected chi connectivity index (χ2v) is 8.25. The number of benzene rings is 2. The predicted molar refractivity (Wildman–Crippen MR) is 114 cm³/mol. The molecule has 0 radical (unpaired) electrons. The molecule has 2 aromatic carbocycles. The molecule has 0 aliphatic heterocycles. The Hall–Kier alpha value is -2.54. The lowest BCUT2D eigenvalue weighted by molar-refractivity contribution is 0.0523. The van der Waals surface area contributed by atoms with Gasteiger partial charge >= 0.3 is 12.1 Å². The van der Waals surface area contributed by atoms with E-state index < -0.39 is 11.7 Å². The summed E-state index contributed by atoms with van der Waals surface area (Å²) in [5.41, 5.74) is 1.94. The van der Waals surface area contributed by atoms with Gasteiger partial charge in [-0.2, -0.15) is 0 Å². The van der Waals surface area contributed by atoms with Crippen LogP contribution in [-0.4, -0.2) is 17.7 Å². The summed E-state index contributed by atoms with van der Waals surface area (Å²) >= 11 is 3.49. The van der Waals surface area contributed by atoms with Crippen LogP contribution in [0.2, 0.25) is 0 Å². The summed E-state index contributed by atoms with van der Waals surface area (Å²) < 4.78 is 6.16. The highest BCUT2D eigenvalue weighted by molar-refractivity contribution is 9.10. The molecule has 0 fully saturated rings. The van der Waals surface area contributed by atoms with Gasteiger partial charge in [-0.1, -0.05) is 46.3 Å². The number of carbonyl (C=O) groups excluding carboxylic acids is 2. The summed E-state index contributed by atoms with van der Waals surface area (Å²) in [6.07, 6.45) is -0.481. The minimum Gasteiger partial charge on any atom is -0.444 e. The lowest BCUT2D eigenvalue weighted by Gasteiger charge is -2.19. The van der Waals surface area contributed by atoms with Gasteiger partial charge in [0, 0.05) is 16.7 Å². The van der Waals surface area contributed by atoms with Gasteiger partial charge in [-0.15, -0.1) is 0 Å². The Morgan fingerprint density at radius 3 is 2.50 bits per heavy atom. The van der Waals surface area contributed by atoms with Gasteiger partial charge in [0.05, 0.1) is 6.04 Å². The minimum absolute atomic E-state index is 0.160. The van der Waals surface area contributed by atoms with Gasteiger partial charge in [-0.05, 0) is 57.0 Å². The van der Waals surface area contributed by atoms with Gasteiger partial charge in [0.15, 0.2) is 0 Å². The summed E-state index contributed by atoms with van der Waals surface area (Å²) in [5.74, 6) is 0. The van der Waals surface area contributed by atoms with E-state index in [0.717, 1.165) is 15.6 Å². The Kier molecular flexibility index (Phi) is 7.45. The third kappa shape index (κ3) is 7.23. The van der Waals surface area contributed by atoms with Crippen molar-refractivity contribution in [2.24, 2.45) is 0 Å². The predicted octanol–water partition coefficient (Wildman–Crippen LogP) is 5.36. The zero-order valence-electron chi connectivity index (χ0n) is 16.5. The number of rotatable bonds is 5. The second kappa shape index (κ2) is 9.59. The van der Waals surface area contributed by atoms with Gasteiger partial charge in [-0.25, -0.2) is 9.59 Å². The van der Waals surface area contributed by atoms with Crippen molar-refractivity contribution in [1.82, 2.24) is 10.6 Å². The fourth-order valence-electron chi connectivity index (χ4n) is 2.52. The third-order valence-electron chi connectivity index (χ3n) is 3.74. The first-order chi connectivity index (χ1) is 13.1. The van der Waals surface area contributed by atoms with Gasteiger partial charge in [-0.3, -0.25) is 0 Å². The molecular formula is C21H26BrN3O3. The summed E-state index contributed by atoms with van der Waals surface area (Å²) in [7, 11) is 0. The number of nitrogens with one attached hydrogen (secondary N) is 3. The normalized spacial score (nSPS) is 12.0. The summed E-state index contributed by atoms with van der Waals surface area (Å²) in [5, 5.41) is 8.43. The first-order valence-electron chi connectivity index (χ1n) is 9.02. The number of alkyl carbamates (subject to hydrolysis) is 1. The molecule has 28 heavy (non-hydrogen) atoms. The number of hydrogen-bond donors (Lipinski definition) is 3. The van der Waals surface area contributed by atoms with Crippen LogP contribution in [0, 0.1) is 0 Å². The van der Waals surface area contributed by atoms with Crippen molar-refractivity contribution >= 4 is 33.7 Å². The summed E-state index contributed by atoms with van der Waals surface area (Å²) in [4.78, 5) is 24.1. The quantitative estimate of drug-likeness (QED) is 0.577. The zero-order chi connectivity index (χ0) is 20.7. The summed E-state index contributed by atoms with van der Waals surface area (Å²) in [6.45, 7) is 7.65. The Morgan fingerprint density at radius 1 is 1.11 bits per heavy atom. The van der Waals surface area contributed by atoms with Gasteiger partial charge < -0.3 is 20.7 Å². The number of ether oxygens (including phenoxy) is 1. The molecule has 7 heteroatoms. The molecule has 0 aromatic heterocycles. The van der Waals surface area contributed by atoms with E-state index in [4.69, 9.17) is 4.74 Å². The van der Waals surface area contributed by atoms with Gasteiger partial charge in [0.2, 0.25) is 0 Å². The van der Waals surface area contributed by atoms with Crippen LogP contribution >= 0.6 is 15.9 Å². The van der Waals surface area contributed by atoms with Crippen molar-refractivity contribution in [3.8, 4) is 0 Å². The molecule has 0 aliphatic carbocycles. The molecule has 2 rings (SSSR count). The maximum Gasteiger partial charge on any atom is 0.407 e. The Balaban J connectivity index is 1.90. The number of halogens is 1. The molecule has 3 amide bonds. The average molecular weight is 448 g/mol. The van der Waals surface area contributed by atoms with Crippen LogP contribution in [0.5, 0.6) is 0 Å². The average Bonchev–Trinajstić information content (AvgIpc) is 2.59. The van der Waals surface area contributed by atoms with Gasteiger partial charge in [0.25, 0.3) is 0 Å². The van der Waals surface area contributed by atoms with Crippen LogP contribution in [0.3, 0.4) is 0 Å². The molecule has 0 saturated carbocycles. The van der Waals surface area contributed by atoms with Crippen molar-refractivity contribution in [3.63, 3.8) is 0 Å². The molecule has 0 aliphatic rings. The standard InChI is InChI=1S/C21H26BrN3O3/c1-14(17-10-5-6-11-18(17)22)24-19(26)25-16-9-7-8-15(12-16)13-23-20(27)28-21(2,3)4/h5-12,14H,13H2,1-4H3,(H,23,27)(H2,24,25,26). The van der Waals surface area contributed by atoms with E-state index in [1.807, 2.05) is 64.1 Å². The van der Waals surface area contributed by atoms with Crippen molar-refractivity contribution in [2.45, 2.75) is 45.9 Å². The fraction of sp³-hybridized carbons (Fsp3) is 0.333. The Morgan fingerprint density at radius 2 is 1.82 bits per heavy atom. The highest BCUT2D eigenvalue weighted by Crippen LogP contribution is 2.22. The van der Waals surface area contributed by atoms with Crippen LogP contribution in [0.25, 0.3) is 0 Å². The highest BCUT2D eigenvalue weighted by atomic mass is 79.9. The molecule has 0 spiro atoms. The lowest BCUT2D eigenvalue weighted by atomic mass is 10.1. The number of hydrogen-bond acceptors (Lipinski definition) is 3. The van der Waals surface area contributed by atoms with E-state index in [9.17, 15) is 9.59 Å². The maximum absolute atomic E-state index is 12.3. The molecule has 0 bridgehead atoms.